The van der Waals surface area contributed by atoms with E-state index in [0.29, 0.717) is 0 Å². The van der Waals surface area contributed by atoms with Gasteiger partial charge in [-0.15, -0.1) is 15.9 Å². The summed E-state index contributed by atoms with van der Waals surface area (Å²) >= 11 is 3.36. The molecule has 1 aromatic carbocycles. The fourth-order valence-corrected chi connectivity index (χ4v) is 1.11. The van der Waals surface area contributed by atoms with Crippen molar-refractivity contribution in [1.29, 1.82) is 0 Å². The van der Waals surface area contributed by atoms with E-state index >= 15 is 0 Å². The molecule has 0 saturated heterocycles. The second-order valence-corrected chi connectivity index (χ2v) is 3.04. The fourth-order valence-electron chi connectivity index (χ4n) is 0.648. The number of halogens is 1. The topological polar surface area (TPSA) is 0 Å². The zero-order valence-electron chi connectivity index (χ0n) is 6.11. The van der Waals surface area contributed by atoms with Gasteiger partial charge >= 0.3 is 32.7 Å². The molecule has 0 aliphatic carbocycles. The third-order valence-electron chi connectivity index (χ3n) is 1.37. The average molecular weight is 273 g/mol. The van der Waals surface area contributed by atoms with Crippen LogP contribution in [0.2, 0.25) is 0 Å². The standard InChI is InChI=1S/C8H8Br.Y/c1-6-3-4-8(9)5-7(6)2;/h4-5H,1-2H3;/q-1;+3. The summed E-state index contributed by atoms with van der Waals surface area (Å²) in [7, 11) is 0. The first kappa shape index (κ1) is 10.8. The van der Waals surface area contributed by atoms with Gasteiger partial charge in [-0.3, -0.25) is 0 Å². The summed E-state index contributed by atoms with van der Waals surface area (Å²) in [6.07, 6.45) is 0. The van der Waals surface area contributed by atoms with Gasteiger partial charge in [-0.2, -0.15) is 29.3 Å². The molecule has 0 fully saturated rings. The van der Waals surface area contributed by atoms with Crippen LogP contribution < -0.4 is 0 Å². The molecular formula is C8H8BrY+2. The van der Waals surface area contributed by atoms with Gasteiger partial charge in [-0.05, 0) is 0 Å². The molecule has 0 amide bonds. The molecule has 0 aliphatic rings. The van der Waals surface area contributed by atoms with E-state index in [0.717, 1.165) is 4.47 Å². The molecule has 0 aliphatic heterocycles. The minimum Gasteiger partial charge on any atom is -0.179 e. The molecule has 0 nitrogen and oxygen atoms in total. The van der Waals surface area contributed by atoms with E-state index in [4.69, 9.17) is 0 Å². The van der Waals surface area contributed by atoms with E-state index in [1.165, 1.54) is 11.1 Å². The van der Waals surface area contributed by atoms with Crippen LogP contribution in [0.1, 0.15) is 11.1 Å². The summed E-state index contributed by atoms with van der Waals surface area (Å²) in [6.45, 7) is 4.14. The Labute approximate surface area is 95.4 Å². The van der Waals surface area contributed by atoms with Gasteiger partial charge < -0.3 is 0 Å². The maximum atomic E-state index is 3.36. The first-order chi connectivity index (χ1) is 4.20. The van der Waals surface area contributed by atoms with Gasteiger partial charge in [0, 0.05) is 0 Å². The molecule has 10 heavy (non-hydrogen) atoms. The molecule has 0 unspecified atom stereocenters. The SMILES string of the molecule is Cc1[c-]cc(Br)cc1C.[Y+3]. The Balaban J connectivity index is 0.000000810. The van der Waals surface area contributed by atoms with Gasteiger partial charge in [-0.25, -0.2) is 0 Å². The van der Waals surface area contributed by atoms with Crippen molar-refractivity contribution < 1.29 is 32.7 Å². The molecule has 1 aromatic rings. The first-order valence-corrected chi connectivity index (χ1v) is 3.64. The predicted molar refractivity (Wildman–Crippen MR) is 42.5 cm³/mol. The second kappa shape index (κ2) is 4.64. The summed E-state index contributed by atoms with van der Waals surface area (Å²) in [5, 5.41) is 0. The fraction of sp³-hybridized carbons (Fsp3) is 0.250. The van der Waals surface area contributed by atoms with Gasteiger partial charge in [0.25, 0.3) is 0 Å². The van der Waals surface area contributed by atoms with Gasteiger partial charge in [0.1, 0.15) is 0 Å². The molecule has 0 bridgehead atoms. The van der Waals surface area contributed by atoms with Gasteiger partial charge in [0.2, 0.25) is 0 Å². The van der Waals surface area contributed by atoms with Crippen molar-refractivity contribution in [2.75, 3.05) is 0 Å². The van der Waals surface area contributed by atoms with Crippen LogP contribution in [0, 0.1) is 19.9 Å². The van der Waals surface area contributed by atoms with Crippen LogP contribution in [0.15, 0.2) is 16.6 Å². The smallest absolute Gasteiger partial charge is 0.179 e. The van der Waals surface area contributed by atoms with E-state index in [2.05, 4.69) is 41.9 Å². The molecule has 48 valence electrons. The Bertz CT molecular complexity index is 220. The molecule has 0 atom stereocenters. The molecule has 0 heterocycles. The molecule has 0 aromatic heterocycles. The minimum absolute atomic E-state index is 0. The van der Waals surface area contributed by atoms with E-state index in [-0.39, 0.29) is 32.7 Å². The van der Waals surface area contributed by atoms with Crippen molar-refractivity contribution in [2.45, 2.75) is 13.8 Å². The summed E-state index contributed by atoms with van der Waals surface area (Å²) in [4.78, 5) is 0. The summed E-state index contributed by atoms with van der Waals surface area (Å²) < 4.78 is 1.10. The molecule has 0 radical (unpaired) electrons. The monoisotopic (exact) mass is 272 g/mol. The van der Waals surface area contributed by atoms with Gasteiger partial charge in [0.15, 0.2) is 0 Å². The normalized spacial score (nSPS) is 8.70. The Morgan fingerprint density at radius 3 is 2.40 bits per heavy atom. The zero-order valence-corrected chi connectivity index (χ0v) is 10.5. The quantitative estimate of drug-likeness (QED) is 0.637. The maximum absolute atomic E-state index is 3.36. The van der Waals surface area contributed by atoms with Crippen LogP contribution in [0.4, 0.5) is 0 Å². The Hall–Kier alpha value is 0.804. The molecule has 1 rings (SSSR count). The third kappa shape index (κ3) is 2.81. The predicted octanol–water partition coefficient (Wildman–Crippen LogP) is 2.86. The van der Waals surface area contributed by atoms with Crippen LogP contribution in [-0.4, -0.2) is 0 Å². The van der Waals surface area contributed by atoms with Crippen LogP contribution >= 0.6 is 15.9 Å². The van der Waals surface area contributed by atoms with Crippen molar-refractivity contribution in [3.8, 4) is 0 Å². The number of aryl methyl sites for hydroxylation is 2. The largest absolute Gasteiger partial charge is 3.00 e. The van der Waals surface area contributed by atoms with Crippen LogP contribution in [-0.2, 0) is 32.7 Å². The molecule has 0 N–H and O–H groups in total. The number of hydrogen-bond acceptors (Lipinski definition) is 0. The Kier molecular flexibility index (Phi) is 5.01. The minimum atomic E-state index is 0. The van der Waals surface area contributed by atoms with Gasteiger partial charge in [-0.1, -0.05) is 18.3 Å². The summed E-state index contributed by atoms with van der Waals surface area (Å²) in [5.41, 5.74) is 2.50. The third-order valence-corrected chi connectivity index (χ3v) is 1.83. The summed E-state index contributed by atoms with van der Waals surface area (Å²) in [5.74, 6) is 0. The van der Waals surface area contributed by atoms with Crippen molar-refractivity contribution in [2.24, 2.45) is 0 Å². The van der Waals surface area contributed by atoms with Crippen LogP contribution in [0.25, 0.3) is 0 Å². The van der Waals surface area contributed by atoms with E-state index in [1.807, 2.05) is 6.07 Å². The van der Waals surface area contributed by atoms with Crippen molar-refractivity contribution in [1.82, 2.24) is 0 Å². The van der Waals surface area contributed by atoms with Crippen LogP contribution in [0.3, 0.4) is 0 Å². The molecular weight excluding hydrogens is 265 g/mol. The van der Waals surface area contributed by atoms with Crippen molar-refractivity contribution in [3.63, 3.8) is 0 Å². The number of benzene rings is 1. The second-order valence-electron chi connectivity index (χ2n) is 2.13. The average Bonchev–Trinajstić information content (AvgIpc) is 1.80. The Morgan fingerprint density at radius 1 is 1.40 bits per heavy atom. The number of rotatable bonds is 0. The first-order valence-electron chi connectivity index (χ1n) is 2.84. The van der Waals surface area contributed by atoms with Crippen molar-refractivity contribution >= 4 is 15.9 Å². The van der Waals surface area contributed by atoms with Gasteiger partial charge in [0.05, 0.1) is 0 Å². The molecule has 0 saturated carbocycles. The van der Waals surface area contributed by atoms with E-state index in [9.17, 15) is 0 Å². The summed E-state index contributed by atoms with van der Waals surface area (Å²) in [6, 6.07) is 7.14. The van der Waals surface area contributed by atoms with E-state index in [1.54, 1.807) is 0 Å². The Morgan fingerprint density at radius 2 is 2.00 bits per heavy atom. The molecule has 0 spiro atoms. The van der Waals surface area contributed by atoms with Crippen molar-refractivity contribution in [3.05, 3.63) is 33.8 Å². The maximum Gasteiger partial charge on any atom is 3.00 e. The number of hydrogen-bond donors (Lipinski definition) is 0. The zero-order chi connectivity index (χ0) is 6.85. The van der Waals surface area contributed by atoms with Crippen LogP contribution in [0.5, 0.6) is 0 Å². The molecule has 2 heteroatoms. The van der Waals surface area contributed by atoms with E-state index < -0.39 is 0 Å².